The van der Waals surface area contributed by atoms with E-state index in [-0.39, 0.29) is 13.2 Å². The van der Waals surface area contributed by atoms with Gasteiger partial charge in [-0.15, -0.1) is 0 Å². The van der Waals surface area contributed by atoms with Crippen LogP contribution in [0.4, 0.5) is 0 Å². The number of halogens is 1. The number of hydrogen-bond donors (Lipinski definition) is 1. The molecule has 6 heteroatoms. The highest BCUT2D eigenvalue weighted by molar-refractivity contribution is 9.10. The highest BCUT2D eigenvalue weighted by Gasteiger charge is 2.48. The molecule has 19 heavy (non-hydrogen) atoms. The van der Waals surface area contributed by atoms with Crippen LogP contribution in [0, 0.1) is 5.92 Å². The Morgan fingerprint density at radius 3 is 2.05 bits per heavy atom. The number of nitrogens with one attached hydrogen (secondary N) is 1. The fourth-order valence-corrected chi connectivity index (χ4v) is 2.91. The third-order valence-corrected chi connectivity index (χ3v) is 4.20. The summed E-state index contributed by atoms with van der Waals surface area (Å²) in [7, 11) is 0. The maximum Gasteiger partial charge on any atom is 0.334 e. The van der Waals surface area contributed by atoms with E-state index < -0.39 is 16.3 Å². The van der Waals surface area contributed by atoms with E-state index in [1.807, 2.05) is 0 Å². The van der Waals surface area contributed by atoms with Gasteiger partial charge in [-0.2, -0.15) is 0 Å². The average Bonchev–Trinajstić information content (AvgIpc) is 2.40. The Morgan fingerprint density at radius 2 is 1.63 bits per heavy atom. The minimum absolute atomic E-state index is 0.248. The summed E-state index contributed by atoms with van der Waals surface area (Å²) in [4.78, 5) is 24.1. The van der Waals surface area contributed by atoms with E-state index in [2.05, 4.69) is 21.2 Å². The molecule has 0 aromatic carbocycles. The molecular weight excluding hydrogens is 314 g/mol. The van der Waals surface area contributed by atoms with Gasteiger partial charge in [-0.25, -0.2) is 9.59 Å². The second kappa shape index (κ2) is 7.85. The number of piperidine rings is 1. The smallest absolute Gasteiger partial charge is 0.334 e. The van der Waals surface area contributed by atoms with Crippen LogP contribution in [0.1, 0.15) is 33.1 Å². The summed E-state index contributed by atoms with van der Waals surface area (Å²) in [6.45, 7) is 5.77. The van der Waals surface area contributed by atoms with Crippen molar-refractivity contribution in [2.45, 2.75) is 37.4 Å². The summed E-state index contributed by atoms with van der Waals surface area (Å²) in [5.74, 6) is -0.784. The Morgan fingerprint density at radius 1 is 1.16 bits per heavy atom. The van der Waals surface area contributed by atoms with Gasteiger partial charge < -0.3 is 14.8 Å². The highest BCUT2D eigenvalue weighted by atomic mass is 79.9. The van der Waals surface area contributed by atoms with Crippen LogP contribution < -0.4 is 5.32 Å². The van der Waals surface area contributed by atoms with E-state index >= 15 is 0 Å². The van der Waals surface area contributed by atoms with E-state index in [1.54, 1.807) is 13.8 Å². The van der Waals surface area contributed by atoms with E-state index in [0.29, 0.717) is 12.3 Å². The van der Waals surface area contributed by atoms with Gasteiger partial charge in [-0.1, -0.05) is 15.9 Å². The van der Waals surface area contributed by atoms with Crippen LogP contribution in [0.5, 0.6) is 0 Å². The molecule has 0 spiro atoms. The van der Waals surface area contributed by atoms with Gasteiger partial charge in [0, 0.05) is 0 Å². The van der Waals surface area contributed by atoms with Gasteiger partial charge in [0.1, 0.15) is 0 Å². The van der Waals surface area contributed by atoms with Crippen molar-refractivity contribution < 1.29 is 19.1 Å². The number of esters is 2. The van der Waals surface area contributed by atoms with Gasteiger partial charge in [-0.05, 0) is 52.1 Å². The molecule has 0 radical (unpaired) electrons. The molecule has 0 aromatic rings. The molecule has 0 unspecified atom stereocenters. The molecule has 0 bridgehead atoms. The number of alkyl halides is 1. The third kappa shape index (κ3) is 4.45. The largest absolute Gasteiger partial charge is 0.465 e. The lowest BCUT2D eigenvalue weighted by Gasteiger charge is -2.30. The molecule has 1 N–H and O–H groups in total. The normalized spacial score (nSPS) is 17.0. The molecule has 0 aromatic heterocycles. The lowest BCUT2D eigenvalue weighted by Crippen LogP contribution is -2.46. The van der Waals surface area contributed by atoms with Crippen LogP contribution in [-0.4, -0.2) is 42.6 Å². The van der Waals surface area contributed by atoms with Crippen molar-refractivity contribution in [3.05, 3.63) is 0 Å². The summed E-state index contributed by atoms with van der Waals surface area (Å²) >= 11 is 3.28. The van der Waals surface area contributed by atoms with E-state index in [1.165, 1.54) is 0 Å². The maximum atomic E-state index is 12.1. The number of carbonyl (C=O) groups is 2. The Balaban J connectivity index is 2.77. The summed E-state index contributed by atoms with van der Waals surface area (Å²) < 4.78 is 8.67. The van der Waals surface area contributed by atoms with Gasteiger partial charge in [0.05, 0.1) is 13.2 Å². The molecule has 1 rings (SSSR count). The zero-order valence-corrected chi connectivity index (χ0v) is 13.1. The second-order valence-electron chi connectivity index (χ2n) is 4.64. The van der Waals surface area contributed by atoms with Gasteiger partial charge in [0.25, 0.3) is 0 Å². The molecule has 1 aliphatic heterocycles. The fourth-order valence-electron chi connectivity index (χ4n) is 2.22. The standard InChI is InChI=1S/C13H22BrNO4/c1-3-18-11(16)13(14,12(17)19-4-2)9-10-5-7-15-8-6-10/h10,15H,3-9H2,1-2H3. The van der Waals surface area contributed by atoms with Crippen LogP contribution in [0.25, 0.3) is 0 Å². The SMILES string of the molecule is CCOC(=O)C(Br)(CC1CCNCC1)C(=O)OCC. The Hall–Kier alpha value is -0.620. The lowest BCUT2D eigenvalue weighted by atomic mass is 9.87. The van der Waals surface area contributed by atoms with E-state index in [0.717, 1.165) is 25.9 Å². The van der Waals surface area contributed by atoms with E-state index in [9.17, 15) is 9.59 Å². The van der Waals surface area contributed by atoms with Crippen LogP contribution in [0.3, 0.4) is 0 Å². The minimum Gasteiger partial charge on any atom is -0.465 e. The van der Waals surface area contributed by atoms with Crippen molar-refractivity contribution >= 4 is 27.9 Å². The number of rotatable bonds is 6. The third-order valence-electron chi connectivity index (χ3n) is 3.23. The average molecular weight is 336 g/mol. The Bertz CT molecular complexity index is 298. The van der Waals surface area contributed by atoms with Crippen LogP contribution in [0.15, 0.2) is 0 Å². The topological polar surface area (TPSA) is 64.6 Å². The van der Waals surface area contributed by atoms with Crippen molar-refractivity contribution in [1.82, 2.24) is 5.32 Å². The number of hydrogen-bond acceptors (Lipinski definition) is 5. The molecule has 5 nitrogen and oxygen atoms in total. The predicted molar refractivity (Wildman–Crippen MR) is 75.1 cm³/mol. The van der Waals surface area contributed by atoms with Gasteiger partial charge in [-0.3, -0.25) is 0 Å². The van der Waals surface area contributed by atoms with Crippen LogP contribution >= 0.6 is 15.9 Å². The zero-order chi connectivity index (χ0) is 14.3. The first-order valence-electron chi connectivity index (χ1n) is 6.78. The van der Waals surface area contributed by atoms with E-state index in [4.69, 9.17) is 9.47 Å². The van der Waals surface area contributed by atoms with Crippen molar-refractivity contribution in [2.75, 3.05) is 26.3 Å². The highest BCUT2D eigenvalue weighted by Crippen LogP contribution is 2.33. The summed E-state index contributed by atoms with van der Waals surface area (Å²) in [5, 5.41) is 3.26. The van der Waals surface area contributed by atoms with Gasteiger partial charge in [0.15, 0.2) is 0 Å². The Kier molecular flexibility index (Phi) is 6.79. The molecule has 1 saturated heterocycles. The summed E-state index contributed by atoms with van der Waals surface area (Å²) in [5.41, 5.74) is 0. The fraction of sp³-hybridized carbons (Fsp3) is 0.846. The quantitative estimate of drug-likeness (QED) is 0.454. The first kappa shape index (κ1) is 16.4. The van der Waals surface area contributed by atoms with Gasteiger partial charge in [0.2, 0.25) is 4.32 Å². The Labute approximate surface area is 122 Å². The monoisotopic (exact) mass is 335 g/mol. The molecule has 1 heterocycles. The molecule has 0 aliphatic carbocycles. The van der Waals surface area contributed by atoms with Crippen molar-refractivity contribution in [2.24, 2.45) is 5.92 Å². The molecular formula is C13H22BrNO4. The first-order chi connectivity index (χ1) is 9.04. The minimum atomic E-state index is -1.36. The van der Waals surface area contributed by atoms with Crippen LogP contribution in [-0.2, 0) is 19.1 Å². The molecule has 0 atom stereocenters. The maximum absolute atomic E-state index is 12.1. The molecule has 0 amide bonds. The molecule has 110 valence electrons. The molecule has 1 fully saturated rings. The zero-order valence-electron chi connectivity index (χ0n) is 11.5. The van der Waals surface area contributed by atoms with Crippen molar-refractivity contribution in [3.8, 4) is 0 Å². The van der Waals surface area contributed by atoms with Crippen molar-refractivity contribution in [3.63, 3.8) is 0 Å². The first-order valence-corrected chi connectivity index (χ1v) is 7.58. The second-order valence-corrected chi connectivity index (χ2v) is 5.99. The molecule has 1 aliphatic rings. The predicted octanol–water partition coefficient (Wildman–Crippen LogP) is 1.64. The number of ether oxygens (including phenoxy) is 2. The summed E-state index contributed by atoms with van der Waals surface area (Å²) in [6, 6.07) is 0. The lowest BCUT2D eigenvalue weighted by molar-refractivity contribution is -0.159. The van der Waals surface area contributed by atoms with Crippen molar-refractivity contribution in [1.29, 1.82) is 0 Å². The molecule has 0 saturated carbocycles. The van der Waals surface area contributed by atoms with Crippen LogP contribution in [0.2, 0.25) is 0 Å². The summed E-state index contributed by atoms with van der Waals surface area (Å²) in [6.07, 6.45) is 2.32. The number of carbonyl (C=O) groups excluding carboxylic acids is 2. The van der Waals surface area contributed by atoms with Gasteiger partial charge >= 0.3 is 11.9 Å².